The van der Waals surface area contributed by atoms with Gasteiger partial charge in [-0.25, -0.2) is 8.42 Å². The molecule has 2 saturated heterocycles. The number of carbonyl (C=O) groups is 1. The average molecular weight is 447 g/mol. The van der Waals surface area contributed by atoms with Crippen LogP contribution in [0.5, 0.6) is 11.5 Å². The van der Waals surface area contributed by atoms with Gasteiger partial charge in [0.05, 0.1) is 25.7 Å². The first-order chi connectivity index (χ1) is 14.9. The minimum atomic E-state index is -3.63. The van der Waals surface area contributed by atoms with Crippen molar-refractivity contribution in [3.8, 4) is 11.5 Å². The van der Waals surface area contributed by atoms with E-state index in [1.807, 2.05) is 0 Å². The van der Waals surface area contributed by atoms with Crippen molar-refractivity contribution in [3.63, 3.8) is 0 Å². The van der Waals surface area contributed by atoms with Crippen LogP contribution in [0.25, 0.3) is 0 Å². The van der Waals surface area contributed by atoms with Crippen LogP contribution in [0.3, 0.4) is 0 Å². The molecule has 0 aromatic heterocycles. The first kappa shape index (κ1) is 21.6. The summed E-state index contributed by atoms with van der Waals surface area (Å²) in [5, 5.41) is 0. The molecule has 0 N–H and O–H groups in total. The van der Waals surface area contributed by atoms with E-state index in [-0.39, 0.29) is 23.9 Å². The highest BCUT2D eigenvalue weighted by atomic mass is 32.2. The molecule has 2 aromatic carbocycles. The molecule has 166 valence electrons. The topological polar surface area (TPSA) is 85.4 Å². The highest BCUT2D eigenvalue weighted by Gasteiger charge is 2.48. The number of ether oxygens (including phenoxy) is 3. The standard InChI is InChI=1S/C22H26N2O6S/c1-28-18-5-3-17(4-6-18)21(25)24-15-16-30-22(24)11-13-23(14-12-22)31(26,27)20-9-7-19(29-2)8-10-20/h3-10H,11-16H2,1-2H3. The largest absolute Gasteiger partial charge is 0.497 e. The number of carbonyl (C=O) groups excluding carboxylic acids is 1. The number of rotatable bonds is 5. The lowest BCUT2D eigenvalue weighted by Crippen LogP contribution is -2.55. The minimum absolute atomic E-state index is 0.119. The van der Waals surface area contributed by atoms with Crippen LogP contribution in [0.4, 0.5) is 0 Å². The normalized spacial score (nSPS) is 18.8. The van der Waals surface area contributed by atoms with Crippen LogP contribution in [-0.4, -0.2) is 69.7 Å². The molecule has 0 aliphatic carbocycles. The third-order valence-corrected chi connectivity index (χ3v) is 7.87. The Kier molecular flexibility index (Phi) is 5.92. The van der Waals surface area contributed by atoms with E-state index in [1.54, 1.807) is 60.5 Å². The number of sulfonamides is 1. The van der Waals surface area contributed by atoms with Gasteiger partial charge in [0, 0.05) is 38.0 Å². The number of methoxy groups -OCH3 is 2. The van der Waals surface area contributed by atoms with Crippen LogP contribution in [-0.2, 0) is 14.8 Å². The summed E-state index contributed by atoms with van der Waals surface area (Å²) in [4.78, 5) is 15.1. The zero-order valence-corrected chi connectivity index (χ0v) is 18.4. The summed E-state index contributed by atoms with van der Waals surface area (Å²) in [6, 6.07) is 13.3. The van der Waals surface area contributed by atoms with Crippen molar-refractivity contribution >= 4 is 15.9 Å². The number of hydrogen-bond acceptors (Lipinski definition) is 6. The minimum Gasteiger partial charge on any atom is -0.497 e. The number of nitrogens with zero attached hydrogens (tertiary/aromatic N) is 2. The van der Waals surface area contributed by atoms with Crippen molar-refractivity contribution in [2.45, 2.75) is 23.5 Å². The molecule has 2 aliphatic rings. The van der Waals surface area contributed by atoms with Crippen molar-refractivity contribution in [1.82, 2.24) is 9.21 Å². The van der Waals surface area contributed by atoms with E-state index >= 15 is 0 Å². The van der Waals surface area contributed by atoms with Crippen molar-refractivity contribution in [2.24, 2.45) is 0 Å². The molecule has 31 heavy (non-hydrogen) atoms. The second-order valence-corrected chi connectivity index (χ2v) is 9.50. The van der Waals surface area contributed by atoms with Gasteiger partial charge in [0.2, 0.25) is 10.0 Å². The Bertz CT molecular complexity index is 1030. The van der Waals surface area contributed by atoms with E-state index < -0.39 is 15.7 Å². The van der Waals surface area contributed by atoms with E-state index in [4.69, 9.17) is 14.2 Å². The van der Waals surface area contributed by atoms with E-state index in [9.17, 15) is 13.2 Å². The van der Waals surface area contributed by atoms with Gasteiger partial charge in [0.15, 0.2) is 0 Å². The van der Waals surface area contributed by atoms with Gasteiger partial charge in [-0.2, -0.15) is 4.31 Å². The maximum atomic E-state index is 13.1. The summed E-state index contributed by atoms with van der Waals surface area (Å²) >= 11 is 0. The van der Waals surface area contributed by atoms with Crippen LogP contribution in [0.1, 0.15) is 23.2 Å². The molecule has 2 heterocycles. The molecule has 0 unspecified atom stereocenters. The van der Waals surface area contributed by atoms with Gasteiger partial charge in [-0.15, -0.1) is 0 Å². The molecule has 1 amide bonds. The van der Waals surface area contributed by atoms with Crippen LogP contribution < -0.4 is 9.47 Å². The monoisotopic (exact) mass is 446 g/mol. The molecule has 2 aliphatic heterocycles. The Balaban J connectivity index is 1.48. The first-order valence-corrected chi connectivity index (χ1v) is 11.6. The Morgan fingerprint density at radius 2 is 1.45 bits per heavy atom. The number of benzene rings is 2. The zero-order valence-electron chi connectivity index (χ0n) is 17.6. The molecule has 4 rings (SSSR count). The SMILES string of the molecule is COc1ccc(C(=O)N2CCOC23CCN(S(=O)(=O)c2ccc(OC)cc2)CC3)cc1. The molecule has 2 fully saturated rings. The lowest BCUT2D eigenvalue weighted by atomic mass is 9.99. The number of amides is 1. The number of piperidine rings is 1. The maximum absolute atomic E-state index is 13.1. The predicted octanol–water partition coefficient (Wildman–Crippen LogP) is 2.36. The third kappa shape index (κ3) is 4.00. The Hall–Kier alpha value is -2.62. The van der Waals surface area contributed by atoms with Crippen molar-refractivity contribution in [3.05, 3.63) is 54.1 Å². The molecule has 8 nitrogen and oxygen atoms in total. The zero-order chi connectivity index (χ0) is 22.1. The fourth-order valence-electron chi connectivity index (χ4n) is 4.17. The second-order valence-electron chi connectivity index (χ2n) is 7.56. The summed E-state index contributed by atoms with van der Waals surface area (Å²) in [7, 11) is -0.513. The highest BCUT2D eigenvalue weighted by Crippen LogP contribution is 2.37. The maximum Gasteiger partial charge on any atom is 0.256 e. The van der Waals surface area contributed by atoms with E-state index in [1.165, 1.54) is 11.4 Å². The Morgan fingerprint density at radius 3 is 2.00 bits per heavy atom. The Labute approximate surface area is 182 Å². The molecule has 1 spiro atoms. The van der Waals surface area contributed by atoms with E-state index in [0.29, 0.717) is 43.1 Å². The third-order valence-electron chi connectivity index (χ3n) is 5.96. The van der Waals surface area contributed by atoms with Crippen LogP contribution in [0, 0.1) is 0 Å². The van der Waals surface area contributed by atoms with Gasteiger partial charge < -0.3 is 19.1 Å². The summed E-state index contributed by atoms with van der Waals surface area (Å²) < 4.78 is 43.8. The molecule has 2 aromatic rings. The van der Waals surface area contributed by atoms with Crippen LogP contribution in [0.2, 0.25) is 0 Å². The van der Waals surface area contributed by atoms with Crippen molar-refractivity contribution in [1.29, 1.82) is 0 Å². The van der Waals surface area contributed by atoms with Gasteiger partial charge in [-0.1, -0.05) is 0 Å². The average Bonchev–Trinajstić information content (AvgIpc) is 3.21. The fraction of sp³-hybridized carbons (Fsp3) is 0.409. The van der Waals surface area contributed by atoms with Crippen LogP contribution >= 0.6 is 0 Å². The summed E-state index contributed by atoms with van der Waals surface area (Å²) in [5.74, 6) is 1.16. The number of hydrogen-bond donors (Lipinski definition) is 0. The smallest absolute Gasteiger partial charge is 0.256 e. The molecule has 0 atom stereocenters. The molecular weight excluding hydrogens is 420 g/mol. The second kappa shape index (κ2) is 8.49. The van der Waals surface area contributed by atoms with E-state index in [2.05, 4.69) is 0 Å². The van der Waals surface area contributed by atoms with Gasteiger partial charge in [0.1, 0.15) is 17.2 Å². The van der Waals surface area contributed by atoms with Gasteiger partial charge >= 0.3 is 0 Å². The quantitative estimate of drug-likeness (QED) is 0.701. The molecule has 0 bridgehead atoms. The van der Waals surface area contributed by atoms with Crippen molar-refractivity contribution in [2.75, 3.05) is 40.5 Å². The van der Waals surface area contributed by atoms with Gasteiger partial charge in [-0.05, 0) is 48.5 Å². The highest BCUT2D eigenvalue weighted by molar-refractivity contribution is 7.89. The first-order valence-electron chi connectivity index (χ1n) is 10.1. The van der Waals surface area contributed by atoms with Gasteiger partial charge in [-0.3, -0.25) is 4.79 Å². The lowest BCUT2D eigenvalue weighted by Gasteiger charge is -2.43. The lowest BCUT2D eigenvalue weighted by molar-refractivity contribution is -0.0962. The fourth-order valence-corrected chi connectivity index (χ4v) is 5.61. The Morgan fingerprint density at radius 1 is 0.903 bits per heavy atom. The van der Waals surface area contributed by atoms with Gasteiger partial charge in [0.25, 0.3) is 5.91 Å². The van der Waals surface area contributed by atoms with E-state index in [0.717, 1.165) is 0 Å². The predicted molar refractivity (Wildman–Crippen MR) is 114 cm³/mol. The summed E-state index contributed by atoms with van der Waals surface area (Å²) in [5.41, 5.74) is -0.220. The molecular formula is C22H26N2O6S. The summed E-state index contributed by atoms with van der Waals surface area (Å²) in [6.45, 7) is 1.48. The molecule has 9 heteroatoms. The van der Waals surface area contributed by atoms with Crippen molar-refractivity contribution < 1.29 is 27.4 Å². The van der Waals surface area contributed by atoms with Crippen LogP contribution in [0.15, 0.2) is 53.4 Å². The summed E-state index contributed by atoms with van der Waals surface area (Å²) in [6.07, 6.45) is 0.842. The molecule has 0 saturated carbocycles. The molecule has 0 radical (unpaired) electrons.